The zero-order valence-corrected chi connectivity index (χ0v) is 10.6. The van der Waals surface area contributed by atoms with Gasteiger partial charge in [-0.2, -0.15) is 0 Å². The number of aliphatic hydroxyl groups is 1. The Kier molecular flexibility index (Phi) is 3.99. The Hall–Kier alpha value is -2.11. The van der Waals surface area contributed by atoms with Crippen molar-refractivity contribution in [1.82, 2.24) is 5.32 Å². The SMILES string of the molecule is CC(O)NCC(=O)Nc1cccc2ccc(O)cc12. The number of phenols is 1. The van der Waals surface area contributed by atoms with Crippen molar-refractivity contribution < 1.29 is 15.0 Å². The van der Waals surface area contributed by atoms with Crippen molar-refractivity contribution in [2.24, 2.45) is 0 Å². The third-order valence-electron chi connectivity index (χ3n) is 2.70. The average molecular weight is 260 g/mol. The second kappa shape index (κ2) is 5.69. The van der Waals surface area contributed by atoms with Gasteiger partial charge in [0.05, 0.1) is 6.54 Å². The highest BCUT2D eigenvalue weighted by Gasteiger charge is 2.07. The number of benzene rings is 2. The zero-order valence-electron chi connectivity index (χ0n) is 10.6. The number of aliphatic hydroxyl groups excluding tert-OH is 1. The highest BCUT2D eigenvalue weighted by Crippen LogP contribution is 2.26. The molecule has 2 rings (SSSR count). The molecule has 0 saturated heterocycles. The molecule has 1 unspecified atom stereocenters. The van der Waals surface area contributed by atoms with Gasteiger partial charge in [-0.3, -0.25) is 10.1 Å². The molecule has 0 bridgehead atoms. The lowest BCUT2D eigenvalue weighted by Gasteiger charge is -2.10. The number of hydrogen-bond donors (Lipinski definition) is 4. The van der Waals surface area contributed by atoms with E-state index in [1.54, 1.807) is 31.2 Å². The van der Waals surface area contributed by atoms with Crippen LogP contribution in [0.3, 0.4) is 0 Å². The highest BCUT2D eigenvalue weighted by molar-refractivity contribution is 6.03. The number of carbonyl (C=O) groups excluding carboxylic acids is 1. The molecular weight excluding hydrogens is 244 g/mol. The minimum Gasteiger partial charge on any atom is -0.508 e. The summed E-state index contributed by atoms with van der Waals surface area (Å²) in [5, 5.41) is 25.6. The molecule has 0 aliphatic heterocycles. The van der Waals surface area contributed by atoms with Gasteiger partial charge in [0.1, 0.15) is 12.0 Å². The fourth-order valence-electron chi connectivity index (χ4n) is 1.80. The second-order valence-corrected chi connectivity index (χ2v) is 4.32. The van der Waals surface area contributed by atoms with Gasteiger partial charge < -0.3 is 15.5 Å². The van der Waals surface area contributed by atoms with Crippen LogP contribution < -0.4 is 10.6 Å². The molecule has 0 heterocycles. The lowest BCUT2D eigenvalue weighted by Crippen LogP contribution is -2.34. The van der Waals surface area contributed by atoms with Crippen molar-refractivity contribution in [3.05, 3.63) is 36.4 Å². The molecule has 0 fully saturated rings. The topological polar surface area (TPSA) is 81.6 Å². The number of amides is 1. The van der Waals surface area contributed by atoms with Gasteiger partial charge >= 0.3 is 0 Å². The van der Waals surface area contributed by atoms with Crippen LogP contribution in [0, 0.1) is 0 Å². The van der Waals surface area contributed by atoms with Gasteiger partial charge in [0.15, 0.2) is 0 Å². The third kappa shape index (κ3) is 3.43. The molecule has 1 atom stereocenters. The van der Waals surface area contributed by atoms with E-state index in [0.29, 0.717) is 5.69 Å². The molecule has 0 saturated carbocycles. The molecule has 0 aliphatic rings. The van der Waals surface area contributed by atoms with E-state index in [4.69, 9.17) is 5.11 Å². The normalized spacial score (nSPS) is 12.3. The Balaban J connectivity index is 2.20. The van der Waals surface area contributed by atoms with E-state index < -0.39 is 6.23 Å². The molecule has 2 aromatic carbocycles. The lowest BCUT2D eigenvalue weighted by atomic mass is 10.1. The molecule has 0 spiro atoms. The number of nitrogens with one attached hydrogen (secondary N) is 2. The number of carbonyl (C=O) groups is 1. The zero-order chi connectivity index (χ0) is 13.8. The minimum absolute atomic E-state index is 0.0207. The maximum absolute atomic E-state index is 11.7. The van der Waals surface area contributed by atoms with Crippen LogP contribution in [0.2, 0.25) is 0 Å². The number of aromatic hydroxyl groups is 1. The second-order valence-electron chi connectivity index (χ2n) is 4.32. The predicted octanol–water partition coefficient (Wildman–Crippen LogP) is 1.41. The first-order valence-corrected chi connectivity index (χ1v) is 5.99. The van der Waals surface area contributed by atoms with Crippen molar-refractivity contribution in [2.75, 3.05) is 11.9 Å². The Morgan fingerprint density at radius 1 is 1.32 bits per heavy atom. The molecule has 0 aromatic heterocycles. The van der Waals surface area contributed by atoms with E-state index in [2.05, 4.69) is 10.6 Å². The molecule has 100 valence electrons. The molecule has 1 amide bonds. The summed E-state index contributed by atoms with van der Waals surface area (Å²) >= 11 is 0. The minimum atomic E-state index is -0.734. The maximum atomic E-state index is 11.7. The predicted molar refractivity (Wildman–Crippen MR) is 73.9 cm³/mol. The van der Waals surface area contributed by atoms with Crippen molar-refractivity contribution in [2.45, 2.75) is 13.2 Å². The van der Waals surface area contributed by atoms with E-state index in [0.717, 1.165) is 10.8 Å². The van der Waals surface area contributed by atoms with Crippen LogP contribution in [0.4, 0.5) is 5.69 Å². The summed E-state index contributed by atoms with van der Waals surface area (Å²) in [6.07, 6.45) is -0.734. The summed E-state index contributed by atoms with van der Waals surface area (Å²) < 4.78 is 0. The van der Waals surface area contributed by atoms with Crippen LogP contribution in [0.5, 0.6) is 5.75 Å². The summed E-state index contributed by atoms with van der Waals surface area (Å²) in [5.41, 5.74) is 0.630. The number of hydrogen-bond acceptors (Lipinski definition) is 4. The van der Waals surface area contributed by atoms with E-state index in [1.807, 2.05) is 12.1 Å². The van der Waals surface area contributed by atoms with Crippen LogP contribution in [0.1, 0.15) is 6.92 Å². The summed E-state index contributed by atoms with van der Waals surface area (Å²) in [5.74, 6) is -0.104. The Morgan fingerprint density at radius 2 is 2.11 bits per heavy atom. The fraction of sp³-hybridized carbons (Fsp3) is 0.214. The van der Waals surface area contributed by atoms with Gasteiger partial charge in [-0.15, -0.1) is 0 Å². The van der Waals surface area contributed by atoms with Crippen LogP contribution in [-0.2, 0) is 4.79 Å². The number of fused-ring (bicyclic) bond motifs is 1. The first-order valence-electron chi connectivity index (χ1n) is 5.99. The van der Waals surface area contributed by atoms with Gasteiger partial charge in [0.25, 0.3) is 0 Å². The van der Waals surface area contributed by atoms with Crippen molar-refractivity contribution in [1.29, 1.82) is 0 Å². The quantitative estimate of drug-likeness (QED) is 0.627. The smallest absolute Gasteiger partial charge is 0.238 e. The van der Waals surface area contributed by atoms with Crippen molar-refractivity contribution in [3.63, 3.8) is 0 Å². The monoisotopic (exact) mass is 260 g/mol. The molecule has 5 heteroatoms. The van der Waals surface area contributed by atoms with Gasteiger partial charge in [0, 0.05) is 11.1 Å². The molecule has 5 nitrogen and oxygen atoms in total. The summed E-state index contributed by atoms with van der Waals surface area (Å²) in [4.78, 5) is 11.7. The van der Waals surface area contributed by atoms with E-state index >= 15 is 0 Å². The standard InChI is InChI=1S/C14H16N2O3/c1-9(17)15-8-14(19)16-13-4-2-3-10-5-6-11(18)7-12(10)13/h2-7,9,15,17-18H,8H2,1H3,(H,16,19). The van der Waals surface area contributed by atoms with Crippen molar-refractivity contribution in [3.8, 4) is 5.75 Å². The van der Waals surface area contributed by atoms with Gasteiger partial charge in [-0.05, 0) is 30.5 Å². The lowest BCUT2D eigenvalue weighted by molar-refractivity contribution is -0.115. The van der Waals surface area contributed by atoms with E-state index in [9.17, 15) is 9.90 Å². The van der Waals surface area contributed by atoms with Gasteiger partial charge in [-0.25, -0.2) is 0 Å². The van der Waals surface area contributed by atoms with Crippen LogP contribution >= 0.6 is 0 Å². The van der Waals surface area contributed by atoms with Crippen LogP contribution in [0.15, 0.2) is 36.4 Å². The van der Waals surface area contributed by atoms with Crippen LogP contribution in [-0.4, -0.2) is 28.9 Å². The van der Waals surface area contributed by atoms with Gasteiger partial charge in [-0.1, -0.05) is 18.2 Å². The summed E-state index contributed by atoms with van der Waals surface area (Å²) in [7, 11) is 0. The molecule has 0 radical (unpaired) electrons. The fourth-order valence-corrected chi connectivity index (χ4v) is 1.80. The molecule has 2 aromatic rings. The average Bonchev–Trinajstić information content (AvgIpc) is 2.37. The summed E-state index contributed by atoms with van der Waals surface area (Å²) in [6, 6.07) is 10.5. The Morgan fingerprint density at radius 3 is 2.84 bits per heavy atom. The summed E-state index contributed by atoms with van der Waals surface area (Å²) in [6.45, 7) is 1.57. The third-order valence-corrected chi connectivity index (χ3v) is 2.70. The Bertz CT molecular complexity index is 596. The molecule has 4 N–H and O–H groups in total. The highest BCUT2D eigenvalue weighted by atomic mass is 16.3. The number of anilines is 1. The van der Waals surface area contributed by atoms with Crippen LogP contribution in [0.25, 0.3) is 10.8 Å². The first-order chi connectivity index (χ1) is 9.06. The largest absolute Gasteiger partial charge is 0.508 e. The number of rotatable bonds is 4. The molecule has 0 aliphatic carbocycles. The van der Waals surface area contributed by atoms with E-state index in [-0.39, 0.29) is 18.2 Å². The maximum Gasteiger partial charge on any atom is 0.238 e. The van der Waals surface area contributed by atoms with E-state index in [1.165, 1.54) is 0 Å². The first kappa shape index (κ1) is 13.3. The molecular formula is C14H16N2O3. The van der Waals surface area contributed by atoms with Crippen molar-refractivity contribution >= 4 is 22.4 Å². The molecule has 19 heavy (non-hydrogen) atoms. The van der Waals surface area contributed by atoms with Gasteiger partial charge in [0.2, 0.25) is 5.91 Å². The Labute approximate surface area is 110 Å². The number of phenolic OH excluding ortho intramolecular Hbond substituents is 1.